The van der Waals surface area contributed by atoms with Gasteiger partial charge in [0.05, 0.1) is 17.1 Å². The molecule has 2 aromatic rings. The molecule has 0 unspecified atom stereocenters. The van der Waals surface area contributed by atoms with Crippen LogP contribution in [0.2, 0.25) is 0 Å². The van der Waals surface area contributed by atoms with Crippen LogP contribution in [0.1, 0.15) is 50.7 Å². The lowest BCUT2D eigenvalue weighted by molar-refractivity contribution is 0.864. The molecule has 0 spiro atoms. The Morgan fingerprint density at radius 2 is 1.42 bits per heavy atom. The van der Waals surface area contributed by atoms with Crippen LogP contribution in [0.15, 0.2) is 27.4 Å². The van der Waals surface area contributed by atoms with Gasteiger partial charge in [-0.15, -0.1) is 0 Å². The average molecular weight is 439 g/mol. The Kier molecular flexibility index (Phi) is 5.69. The zero-order chi connectivity index (χ0) is 18.0. The quantitative estimate of drug-likeness (QED) is 0.400. The van der Waals surface area contributed by atoms with Crippen LogP contribution in [-0.2, 0) is 0 Å². The van der Waals surface area contributed by atoms with Crippen molar-refractivity contribution in [1.29, 1.82) is 0 Å². The Morgan fingerprint density at radius 3 is 2.00 bits per heavy atom. The van der Waals surface area contributed by atoms with Crippen molar-refractivity contribution in [3.63, 3.8) is 0 Å². The summed E-state index contributed by atoms with van der Waals surface area (Å²) in [6, 6.07) is 7.62. The molecule has 0 saturated heterocycles. The van der Waals surface area contributed by atoms with Crippen LogP contribution in [0.25, 0.3) is 0 Å². The number of anilines is 4. The highest BCUT2D eigenvalue weighted by molar-refractivity contribution is 14.2. The van der Waals surface area contributed by atoms with Crippen molar-refractivity contribution < 1.29 is 0 Å². The van der Waals surface area contributed by atoms with Crippen molar-refractivity contribution in [2.45, 2.75) is 39.5 Å². The summed E-state index contributed by atoms with van der Waals surface area (Å²) in [5.41, 5.74) is 29.9. The standard InChI is InChI=1S/C18H26IN5/c1-9(2)12-7-14(21)15(22)8-17(12)24-19-13-5-11(20)6-16(23)18(13)10(3)4/h5-10H,20-23H2,1-4H3. The van der Waals surface area contributed by atoms with Crippen molar-refractivity contribution in [2.75, 3.05) is 22.9 Å². The predicted molar refractivity (Wildman–Crippen MR) is 114 cm³/mol. The first-order valence-corrected chi connectivity index (χ1v) is 9.98. The zero-order valence-corrected chi connectivity index (χ0v) is 16.8. The Morgan fingerprint density at radius 1 is 0.792 bits per heavy atom. The van der Waals surface area contributed by atoms with E-state index in [0.717, 1.165) is 26.1 Å². The number of nitrogens with two attached hydrogens (primary N) is 4. The van der Waals surface area contributed by atoms with Crippen molar-refractivity contribution in [1.82, 2.24) is 0 Å². The van der Waals surface area contributed by atoms with Gasteiger partial charge in [0.1, 0.15) is 0 Å². The molecule has 0 saturated carbocycles. The number of hydrogen-bond donors (Lipinski definition) is 4. The van der Waals surface area contributed by atoms with Crippen LogP contribution in [0.4, 0.5) is 28.4 Å². The molecule has 8 N–H and O–H groups in total. The third-order valence-corrected chi connectivity index (χ3v) is 6.01. The summed E-state index contributed by atoms with van der Waals surface area (Å²) in [6.45, 7) is 8.52. The highest BCUT2D eigenvalue weighted by Gasteiger charge is 2.13. The van der Waals surface area contributed by atoms with Gasteiger partial charge in [-0.1, -0.05) is 27.7 Å². The fourth-order valence-corrected chi connectivity index (χ4v) is 5.24. The maximum Gasteiger partial charge on any atom is 0.0748 e. The number of benzene rings is 2. The second-order valence-corrected chi connectivity index (χ2v) is 8.65. The molecule has 5 nitrogen and oxygen atoms in total. The van der Waals surface area contributed by atoms with E-state index in [2.05, 4.69) is 27.7 Å². The first kappa shape index (κ1) is 18.5. The predicted octanol–water partition coefficient (Wildman–Crippen LogP) is 4.92. The Labute approximate surface area is 153 Å². The lowest BCUT2D eigenvalue weighted by Gasteiger charge is -2.14. The molecule has 0 heterocycles. The van der Waals surface area contributed by atoms with Crippen molar-refractivity contribution in [2.24, 2.45) is 3.15 Å². The van der Waals surface area contributed by atoms with Crippen LogP contribution >= 0.6 is 21.0 Å². The van der Waals surface area contributed by atoms with Gasteiger partial charge in [0.15, 0.2) is 0 Å². The minimum Gasteiger partial charge on any atom is -0.399 e. The summed E-state index contributed by atoms with van der Waals surface area (Å²) in [4.78, 5) is 0. The van der Waals surface area contributed by atoms with Crippen LogP contribution in [0.5, 0.6) is 0 Å². The summed E-state index contributed by atoms with van der Waals surface area (Å²) in [7, 11) is 0. The number of hydrogen-bond acceptors (Lipinski definition) is 5. The molecule has 130 valence electrons. The Bertz CT molecular complexity index is 781. The summed E-state index contributed by atoms with van der Waals surface area (Å²) in [5.74, 6) is 0.655. The smallest absolute Gasteiger partial charge is 0.0748 e. The van der Waals surface area contributed by atoms with Gasteiger partial charge in [-0.05, 0) is 47.2 Å². The van der Waals surface area contributed by atoms with Gasteiger partial charge in [0.25, 0.3) is 0 Å². The molecular weight excluding hydrogens is 413 g/mol. The molecule has 6 heteroatoms. The number of nitrogen functional groups attached to an aromatic ring is 4. The lowest BCUT2D eigenvalue weighted by atomic mass is 10.00. The Hall–Kier alpha value is -1.83. The van der Waals surface area contributed by atoms with E-state index >= 15 is 0 Å². The molecule has 0 aliphatic rings. The highest BCUT2D eigenvalue weighted by Crippen LogP contribution is 2.38. The van der Waals surface area contributed by atoms with Crippen LogP contribution in [0, 0.1) is 3.57 Å². The van der Waals surface area contributed by atoms with E-state index in [1.165, 1.54) is 0 Å². The maximum absolute atomic E-state index is 6.17. The minimum atomic E-state index is -0.637. The zero-order valence-electron chi connectivity index (χ0n) is 14.6. The second kappa shape index (κ2) is 7.38. The number of nitrogens with zero attached hydrogens (tertiary/aromatic N) is 1. The molecular formula is C18H26IN5. The monoisotopic (exact) mass is 439 g/mol. The van der Waals surface area contributed by atoms with Gasteiger partial charge in [-0.3, -0.25) is 0 Å². The molecule has 0 aliphatic carbocycles. The fourth-order valence-electron chi connectivity index (χ4n) is 2.61. The summed E-state index contributed by atoms with van der Waals surface area (Å²) < 4.78 is 6.05. The molecule has 0 radical (unpaired) electrons. The molecule has 24 heavy (non-hydrogen) atoms. The molecule has 0 amide bonds. The van der Waals surface area contributed by atoms with Crippen molar-refractivity contribution >= 4 is 49.5 Å². The Balaban J connectivity index is 2.55. The van der Waals surface area contributed by atoms with E-state index in [1.807, 2.05) is 24.3 Å². The number of rotatable bonds is 4. The van der Waals surface area contributed by atoms with Gasteiger partial charge in [-0.25, -0.2) is 3.15 Å². The molecule has 2 aromatic carbocycles. The van der Waals surface area contributed by atoms with Gasteiger partial charge >= 0.3 is 0 Å². The van der Waals surface area contributed by atoms with E-state index in [0.29, 0.717) is 28.9 Å². The van der Waals surface area contributed by atoms with Gasteiger partial charge < -0.3 is 22.9 Å². The minimum absolute atomic E-state index is 0.325. The molecule has 2 rings (SSSR count). The first-order chi connectivity index (χ1) is 11.2. The molecule has 0 atom stereocenters. The van der Waals surface area contributed by atoms with Gasteiger partial charge in [0, 0.05) is 36.0 Å². The van der Waals surface area contributed by atoms with Crippen LogP contribution in [0.3, 0.4) is 0 Å². The topological polar surface area (TPSA) is 116 Å². The summed E-state index contributed by atoms with van der Waals surface area (Å²) in [5, 5.41) is 0. The summed E-state index contributed by atoms with van der Waals surface area (Å²) in [6.07, 6.45) is 0. The van der Waals surface area contributed by atoms with E-state index < -0.39 is 21.0 Å². The van der Waals surface area contributed by atoms with Crippen LogP contribution < -0.4 is 22.9 Å². The third-order valence-electron chi connectivity index (χ3n) is 3.84. The van der Waals surface area contributed by atoms with Gasteiger partial charge in [0.2, 0.25) is 0 Å². The lowest BCUT2D eigenvalue weighted by Crippen LogP contribution is -2.01. The second-order valence-electron chi connectivity index (χ2n) is 6.52. The van der Waals surface area contributed by atoms with Gasteiger partial charge in [-0.2, -0.15) is 0 Å². The summed E-state index contributed by atoms with van der Waals surface area (Å²) >= 11 is -0.637. The maximum atomic E-state index is 6.17. The first-order valence-electron chi connectivity index (χ1n) is 7.93. The van der Waals surface area contributed by atoms with Crippen molar-refractivity contribution in [3.8, 4) is 0 Å². The van der Waals surface area contributed by atoms with E-state index in [1.54, 1.807) is 0 Å². The van der Waals surface area contributed by atoms with Crippen molar-refractivity contribution in [3.05, 3.63) is 39.0 Å². The van der Waals surface area contributed by atoms with E-state index in [-0.39, 0.29) is 0 Å². The molecule has 0 fully saturated rings. The molecule has 0 bridgehead atoms. The highest BCUT2D eigenvalue weighted by atomic mass is 127. The molecule has 0 aliphatic heterocycles. The number of halogens is 1. The average Bonchev–Trinajstić information content (AvgIpc) is 2.46. The van der Waals surface area contributed by atoms with Crippen LogP contribution in [-0.4, -0.2) is 0 Å². The van der Waals surface area contributed by atoms with E-state index in [9.17, 15) is 0 Å². The fraction of sp³-hybridized carbons (Fsp3) is 0.333. The largest absolute Gasteiger partial charge is 0.399 e. The SMILES string of the molecule is CC(C)c1cc(N)c(N)cc1N=Ic1cc(N)cc(N)c1C(C)C. The normalized spacial score (nSPS) is 12.1. The molecule has 0 aromatic heterocycles. The van der Waals surface area contributed by atoms with E-state index in [4.69, 9.17) is 26.1 Å². The third kappa shape index (κ3) is 3.98.